The van der Waals surface area contributed by atoms with E-state index in [0.29, 0.717) is 51.1 Å². The zero-order chi connectivity index (χ0) is 50.9. The van der Waals surface area contributed by atoms with Crippen LogP contribution in [0, 0.1) is 16.7 Å². The van der Waals surface area contributed by atoms with E-state index in [-0.39, 0.29) is 12.0 Å². The quantitative estimate of drug-likeness (QED) is 0.101. The fraction of sp³-hybridized carbons (Fsp3) is 0.567. The molecule has 0 aromatic heterocycles. The molecule has 2 spiro atoms. The van der Waals surface area contributed by atoms with E-state index in [4.69, 9.17) is 42.1 Å². The van der Waals surface area contributed by atoms with Gasteiger partial charge in [-0.05, 0) is 176 Å². The molecule has 2 saturated heterocycles. The van der Waals surface area contributed by atoms with E-state index in [0.717, 1.165) is 28.7 Å². The molecule has 72 heavy (non-hydrogen) atoms. The third kappa shape index (κ3) is 12.1. The first-order valence-electron chi connectivity index (χ1n) is 26.6. The van der Waals surface area contributed by atoms with Gasteiger partial charge in [0.1, 0.15) is 42.7 Å². The second-order valence-corrected chi connectivity index (χ2v) is 23.2. The van der Waals surface area contributed by atoms with Crippen molar-refractivity contribution in [1.82, 2.24) is 0 Å². The van der Waals surface area contributed by atoms with E-state index in [1.807, 2.05) is 38.1 Å². The summed E-state index contributed by atoms with van der Waals surface area (Å²) in [4.78, 5) is 24.0. The highest BCUT2D eigenvalue weighted by atomic mass is 35.5. The first kappa shape index (κ1) is 53.0. The van der Waals surface area contributed by atoms with Crippen LogP contribution in [0.1, 0.15) is 180 Å². The van der Waals surface area contributed by atoms with Crippen molar-refractivity contribution >= 4 is 35.1 Å². The van der Waals surface area contributed by atoms with Crippen molar-refractivity contribution in [2.75, 3.05) is 6.61 Å². The maximum Gasteiger partial charge on any atom is 0.303 e. The van der Waals surface area contributed by atoms with E-state index in [1.54, 1.807) is 12.1 Å². The standard InChI is InChI=1S/C33H41ClO5.C27H33ClO5/c1-5-29-20(2)30(37-21(3)35)32(38-22(4)36)31(39-29)26-10-11-28(34)27(19-26)18-23-6-8-24(9-7-23)25-12-14-33(15-13-25)16-17-33;28-21-6-5-19(26-25(32)24(31)23(30)22(15-29)33-26)14-20(21)13-16-1-3-17(4-2-16)18-7-9-27(10-8-18)11-12-27/h6-11,19-20,25,29-32H,5,12-18H2,1-4H3;1-6,14,18,22-26,29-32H,7-13,15H2/t20-,29-,30+,31?,32-;22-,23-,24+,25-,26?/m11/s1. The van der Waals surface area contributed by atoms with E-state index >= 15 is 0 Å². The highest BCUT2D eigenvalue weighted by Crippen LogP contribution is 2.59. The number of carbonyl (C=O) groups is 2. The van der Waals surface area contributed by atoms with Gasteiger partial charge in [-0.3, -0.25) is 9.59 Å². The highest BCUT2D eigenvalue weighted by Gasteiger charge is 2.49. The molecule has 2 aliphatic heterocycles. The molecule has 388 valence electrons. The Morgan fingerprint density at radius 1 is 0.569 bits per heavy atom. The van der Waals surface area contributed by atoms with Crippen molar-refractivity contribution in [3.63, 3.8) is 0 Å². The van der Waals surface area contributed by atoms with Gasteiger partial charge < -0.3 is 39.4 Å². The topological polar surface area (TPSA) is 152 Å². The first-order chi connectivity index (χ1) is 34.6. The van der Waals surface area contributed by atoms with E-state index in [1.165, 1.54) is 108 Å². The molecule has 4 saturated carbocycles. The molecule has 4 N–H and O–H groups in total. The molecule has 4 aliphatic carbocycles. The maximum atomic E-state index is 12.1. The van der Waals surface area contributed by atoms with Crippen LogP contribution in [0.15, 0.2) is 84.9 Å². The summed E-state index contributed by atoms with van der Waals surface area (Å²) < 4.78 is 23.6. The molecule has 0 radical (unpaired) electrons. The molecular formula is C60H74Cl2O10. The lowest BCUT2D eigenvalue weighted by Gasteiger charge is -2.44. The third-order valence-electron chi connectivity index (χ3n) is 17.4. The van der Waals surface area contributed by atoms with E-state index in [2.05, 4.69) is 48.5 Å². The fourth-order valence-corrected chi connectivity index (χ4v) is 12.8. The molecule has 10 atom stereocenters. The van der Waals surface area contributed by atoms with Gasteiger partial charge in [-0.15, -0.1) is 0 Å². The number of hydrogen-bond donors (Lipinski definition) is 4. The van der Waals surface area contributed by atoms with Crippen LogP contribution >= 0.6 is 23.2 Å². The van der Waals surface area contributed by atoms with Crippen molar-refractivity contribution in [3.05, 3.63) is 139 Å². The number of halogens is 2. The van der Waals surface area contributed by atoms with Crippen molar-refractivity contribution in [2.24, 2.45) is 16.7 Å². The largest absolute Gasteiger partial charge is 0.458 e. The van der Waals surface area contributed by atoms with Crippen LogP contribution in [0.4, 0.5) is 0 Å². The Morgan fingerprint density at radius 2 is 0.986 bits per heavy atom. The third-order valence-corrected chi connectivity index (χ3v) is 18.2. The molecule has 6 aliphatic rings. The molecule has 12 heteroatoms. The predicted molar refractivity (Wildman–Crippen MR) is 278 cm³/mol. The Hall–Kier alpha value is -3.84. The smallest absolute Gasteiger partial charge is 0.303 e. The number of aliphatic hydroxyl groups is 4. The summed E-state index contributed by atoms with van der Waals surface area (Å²) >= 11 is 13.2. The number of hydrogen-bond acceptors (Lipinski definition) is 10. The minimum Gasteiger partial charge on any atom is -0.458 e. The zero-order valence-corrected chi connectivity index (χ0v) is 43.8. The van der Waals surface area contributed by atoms with Crippen molar-refractivity contribution in [3.8, 4) is 0 Å². The van der Waals surface area contributed by atoms with Gasteiger partial charge in [-0.25, -0.2) is 0 Å². The molecule has 4 aromatic rings. The van der Waals surface area contributed by atoms with Crippen LogP contribution in [0.5, 0.6) is 0 Å². The lowest BCUT2D eigenvalue weighted by Crippen LogP contribution is -2.55. The molecule has 0 amide bonds. The van der Waals surface area contributed by atoms with Crippen LogP contribution in [0.3, 0.4) is 0 Å². The summed E-state index contributed by atoms with van der Waals surface area (Å²) in [6.07, 6.45) is 10.6. The van der Waals surface area contributed by atoms with E-state index in [9.17, 15) is 30.0 Å². The van der Waals surface area contributed by atoms with Gasteiger partial charge in [-0.2, -0.15) is 0 Å². The summed E-state index contributed by atoms with van der Waals surface area (Å²) in [6, 6.07) is 29.1. The van der Waals surface area contributed by atoms with Crippen LogP contribution in [0.25, 0.3) is 0 Å². The number of carbonyl (C=O) groups excluding carboxylic acids is 2. The Labute approximate surface area is 435 Å². The predicted octanol–water partition coefficient (Wildman–Crippen LogP) is 11.6. The van der Waals surface area contributed by atoms with Crippen molar-refractivity contribution in [1.29, 1.82) is 0 Å². The van der Waals surface area contributed by atoms with Gasteiger partial charge in [0.2, 0.25) is 0 Å². The molecule has 10 rings (SSSR count). The Morgan fingerprint density at radius 3 is 1.40 bits per heavy atom. The molecule has 2 unspecified atom stereocenters. The second-order valence-electron chi connectivity index (χ2n) is 22.3. The van der Waals surface area contributed by atoms with Crippen LogP contribution in [-0.2, 0) is 41.4 Å². The van der Waals surface area contributed by atoms with Gasteiger partial charge >= 0.3 is 11.9 Å². The monoisotopic (exact) mass is 1020 g/mol. The van der Waals surface area contributed by atoms with Crippen LogP contribution in [0.2, 0.25) is 10.0 Å². The molecule has 2 heterocycles. The van der Waals surface area contributed by atoms with Gasteiger partial charge in [-0.1, -0.05) is 110 Å². The normalized spacial score (nSPS) is 30.5. The number of benzene rings is 4. The van der Waals surface area contributed by atoms with Gasteiger partial charge in [0.05, 0.1) is 12.7 Å². The summed E-state index contributed by atoms with van der Waals surface area (Å²) in [5.41, 5.74) is 10.0. The Kier molecular flexibility index (Phi) is 16.6. The van der Waals surface area contributed by atoms with Crippen LogP contribution in [-0.4, -0.2) is 81.7 Å². The minimum atomic E-state index is -1.40. The Balaban J connectivity index is 0.000000180. The number of esters is 2. The average Bonchev–Trinajstić information content (AvgIpc) is 4.32. The summed E-state index contributed by atoms with van der Waals surface area (Å²) in [6.45, 7) is 6.32. The lowest BCUT2D eigenvalue weighted by molar-refractivity contribution is -0.231. The maximum absolute atomic E-state index is 12.1. The Bertz CT molecular complexity index is 2480. The SMILES string of the molecule is CC[C@H]1OC(c2ccc(Cl)c(Cc3ccc(C4CCC5(CC4)CC5)cc3)c2)[C@H](OC(C)=O)[C@@H](OC(C)=O)[C@@H]1C.OC[C@H]1OC(c2ccc(Cl)c(Cc3ccc(C4CCC5(CC4)CC5)cc3)c2)[C@H](O)[C@@H](O)[C@@H]1O. The molecule has 10 nitrogen and oxygen atoms in total. The summed E-state index contributed by atoms with van der Waals surface area (Å²) in [7, 11) is 0. The lowest BCUT2D eigenvalue weighted by atomic mass is 9.77. The summed E-state index contributed by atoms with van der Waals surface area (Å²) in [5, 5.41) is 41.4. The second kappa shape index (κ2) is 22.6. The van der Waals surface area contributed by atoms with Gasteiger partial charge in [0, 0.05) is 29.8 Å². The first-order valence-corrected chi connectivity index (χ1v) is 27.4. The minimum absolute atomic E-state index is 0.122. The number of rotatable bonds is 12. The summed E-state index contributed by atoms with van der Waals surface area (Å²) in [5.74, 6) is 0.387. The molecule has 6 fully saturated rings. The zero-order valence-electron chi connectivity index (χ0n) is 42.3. The average molecular weight is 1030 g/mol. The van der Waals surface area contributed by atoms with Crippen molar-refractivity contribution < 1.29 is 49.0 Å². The highest BCUT2D eigenvalue weighted by molar-refractivity contribution is 6.31. The molecule has 4 aromatic carbocycles. The van der Waals surface area contributed by atoms with E-state index < -0.39 is 67.4 Å². The number of ether oxygens (including phenoxy) is 4. The van der Waals surface area contributed by atoms with Crippen LogP contribution < -0.4 is 0 Å². The van der Waals surface area contributed by atoms with Gasteiger partial charge in [0.15, 0.2) is 6.10 Å². The van der Waals surface area contributed by atoms with Gasteiger partial charge in [0.25, 0.3) is 0 Å². The molecular weight excluding hydrogens is 952 g/mol. The van der Waals surface area contributed by atoms with Crippen molar-refractivity contribution in [2.45, 2.75) is 191 Å². The number of aliphatic hydroxyl groups excluding tert-OH is 4. The fourth-order valence-electron chi connectivity index (χ4n) is 12.4. The molecule has 0 bridgehead atoms.